The number of carbonyl (C=O) groups excluding carboxylic acids is 1. The molecule has 2 aliphatic carbocycles. The van der Waals surface area contributed by atoms with Gasteiger partial charge in [0.2, 0.25) is 0 Å². The van der Waals surface area contributed by atoms with E-state index in [0.29, 0.717) is 23.9 Å². The van der Waals surface area contributed by atoms with E-state index in [2.05, 4.69) is 49.4 Å². The first-order valence-electron chi connectivity index (χ1n) is 12.1. The Hall–Kier alpha value is -3.09. The molecule has 0 spiro atoms. The Morgan fingerprint density at radius 1 is 1.24 bits per heavy atom. The lowest BCUT2D eigenvalue weighted by Gasteiger charge is -2.35. The summed E-state index contributed by atoms with van der Waals surface area (Å²) in [6, 6.07) is 6.44. The zero-order valence-corrected chi connectivity index (χ0v) is 19.7. The average molecular weight is 464 g/mol. The molecule has 8 heteroatoms. The van der Waals surface area contributed by atoms with E-state index < -0.39 is 11.5 Å². The standard InChI is InChI=1S/C26H29N3O5/c1-14-11-26(14,24-27-20(13-30)34-28-24)29-19-7-6-16(17-8-9-33-25(2,3)12-17)10-18(19)21(15-4-5-15)22(29)23(31)32/h6-7,10,14-15,17H,4-5,8-9,11-12H2,1-3H3,(H,27,28)(H,31,32)/t14-,17-,26-/m0/s1. The van der Waals surface area contributed by atoms with Crippen molar-refractivity contribution >= 4 is 28.6 Å². The van der Waals surface area contributed by atoms with E-state index in [4.69, 9.17) is 9.57 Å². The van der Waals surface area contributed by atoms with Crippen LogP contribution >= 0.6 is 0 Å². The van der Waals surface area contributed by atoms with Gasteiger partial charge in [-0.05, 0) is 87.0 Å². The molecule has 1 aromatic carbocycles. The van der Waals surface area contributed by atoms with E-state index in [9.17, 15) is 14.7 Å². The van der Waals surface area contributed by atoms with Crippen molar-refractivity contribution in [2.45, 2.75) is 75.9 Å². The minimum atomic E-state index is -0.934. The van der Waals surface area contributed by atoms with Crippen LogP contribution in [0.2, 0.25) is 0 Å². The highest BCUT2D eigenvalue weighted by atomic mass is 16.7. The van der Waals surface area contributed by atoms with Crippen molar-refractivity contribution in [1.29, 1.82) is 0 Å². The van der Waals surface area contributed by atoms with E-state index >= 15 is 0 Å². The third kappa shape index (κ3) is 3.12. The van der Waals surface area contributed by atoms with Crippen LogP contribution in [0.4, 0.5) is 0 Å². The highest BCUT2D eigenvalue weighted by Gasteiger charge is 2.61. The van der Waals surface area contributed by atoms with Gasteiger partial charge < -0.3 is 19.2 Å². The van der Waals surface area contributed by atoms with Crippen LogP contribution in [0.15, 0.2) is 29.1 Å². The van der Waals surface area contributed by atoms with Crippen LogP contribution in [0, 0.1) is 5.92 Å². The number of carboxylic acid groups (broad SMARTS) is 1. The van der Waals surface area contributed by atoms with Crippen LogP contribution in [0.25, 0.3) is 10.9 Å². The number of hydroxylamine groups is 1. The molecule has 178 valence electrons. The molecule has 34 heavy (non-hydrogen) atoms. The van der Waals surface area contributed by atoms with Gasteiger partial charge in [-0.1, -0.05) is 13.0 Å². The number of ether oxygens (including phenoxy) is 1. The Kier molecular flexibility index (Phi) is 4.54. The number of carboxylic acids is 1. The van der Waals surface area contributed by atoms with Crippen molar-refractivity contribution in [2.75, 3.05) is 6.61 Å². The van der Waals surface area contributed by atoms with Gasteiger partial charge in [-0.15, -0.1) is 0 Å². The van der Waals surface area contributed by atoms with Crippen molar-refractivity contribution in [3.63, 3.8) is 0 Å². The lowest BCUT2D eigenvalue weighted by atomic mass is 9.83. The Labute approximate surface area is 197 Å². The second kappa shape index (κ2) is 7.20. The SMILES string of the molecule is C[C@H]1C[C@]1(C1=NC(=C=O)ON1)n1c(C(=O)O)c(C2CC2)c2cc([C@H]3CCOC(C)(C)C3)ccc21. The van der Waals surface area contributed by atoms with Gasteiger partial charge in [0.15, 0.2) is 11.8 Å². The highest BCUT2D eigenvalue weighted by molar-refractivity contribution is 6.03. The lowest BCUT2D eigenvalue weighted by molar-refractivity contribution is -0.0592. The number of aliphatic imine (C=N–C) groups is 1. The molecular formula is C26H29N3O5. The monoisotopic (exact) mass is 463 g/mol. The first kappa shape index (κ1) is 21.4. The van der Waals surface area contributed by atoms with Gasteiger partial charge in [-0.2, -0.15) is 4.99 Å². The molecule has 0 unspecified atom stereocenters. The minimum Gasteiger partial charge on any atom is -0.477 e. The van der Waals surface area contributed by atoms with Gasteiger partial charge in [0.05, 0.1) is 5.60 Å². The van der Waals surface area contributed by atoms with Crippen LogP contribution in [0.3, 0.4) is 0 Å². The number of benzene rings is 1. The predicted molar refractivity (Wildman–Crippen MR) is 125 cm³/mol. The molecule has 2 N–H and O–H groups in total. The van der Waals surface area contributed by atoms with E-state index in [1.165, 1.54) is 5.56 Å². The van der Waals surface area contributed by atoms with Crippen LogP contribution in [0.5, 0.6) is 0 Å². The molecular weight excluding hydrogens is 434 g/mol. The van der Waals surface area contributed by atoms with Crippen LogP contribution in [0.1, 0.15) is 86.3 Å². The Morgan fingerprint density at radius 3 is 2.59 bits per heavy atom. The van der Waals surface area contributed by atoms with E-state index in [-0.39, 0.29) is 23.3 Å². The third-order valence-electron chi connectivity index (χ3n) is 8.01. The Balaban J connectivity index is 1.56. The number of rotatable bonds is 5. The molecule has 2 aliphatic heterocycles. The molecule has 8 nitrogen and oxygen atoms in total. The number of nitrogens with zero attached hydrogens (tertiary/aromatic N) is 2. The Morgan fingerprint density at radius 2 is 2.00 bits per heavy atom. The van der Waals surface area contributed by atoms with Crippen molar-refractivity contribution in [2.24, 2.45) is 10.9 Å². The molecule has 3 fully saturated rings. The van der Waals surface area contributed by atoms with Gasteiger partial charge in [-0.3, -0.25) is 0 Å². The smallest absolute Gasteiger partial charge is 0.352 e. The second-order valence-corrected chi connectivity index (χ2v) is 10.9. The van der Waals surface area contributed by atoms with E-state index in [0.717, 1.165) is 48.8 Å². The number of carbonyl (C=O) groups is 1. The average Bonchev–Trinajstić information content (AvgIpc) is 3.66. The summed E-state index contributed by atoms with van der Waals surface area (Å²) in [7, 11) is 0. The molecule has 6 rings (SSSR count). The van der Waals surface area contributed by atoms with Gasteiger partial charge in [0.1, 0.15) is 11.2 Å². The molecule has 1 saturated heterocycles. The van der Waals surface area contributed by atoms with Crippen molar-refractivity contribution in [1.82, 2.24) is 10.0 Å². The number of hydrogen-bond acceptors (Lipinski definition) is 6. The van der Waals surface area contributed by atoms with Crippen molar-refractivity contribution < 1.29 is 24.3 Å². The number of aromatic carboxylic acids is 1. The largest absolute Gasteiger partial charge is 0.477 e. The minimum absolute atomic E-state index is 0.130. The van der Waals surface area contributed by atoms with Gasteiger partial charge in [0, 0.05) is 17.5 Å². The summed E-state index contributed by atoms with van der Waals surface area (Å²) in [5.74, 6) is 1.81. The van der Waals surface area contributed by atoms with Gasteiger partial charge >= 0.3 is 11.9 Å². The van der Waals surface area contributed by atoms with Crippen LogP contribution in [-0.2, 0) is 19.9 Å². The van der Waals surface area contributed by atoms with Gasteiger partial charge in [-0.25, -0.2) is 15.1 Å². The number of amidine groups is 1. The molecule has 0 bridgehead atoms. The number of fused-ring (bicyclic) bond motifs is 1. The van der Waals surface area contributed by atoms with Gasteiger partial charge in [0.25, 0.3) is 0 Å². The molecule has 0 amide bonds. The van der Waals surface area contributed by atoms with Crippen LogP contribution in [-0.4, -0.2) is 39.6 Å². The molecule has 1 aromatic heterocycles. The van der Waals surface area contributed by atoms with E-state index in [1.54, 1.807) is 5.94 Å². The number of hydrogen-bond donors (Lipinski definition) is 2. The van der Waals surface area contributed by atoms with Crippen molar-refractivity contribution in [3.05, 3.63) is 40.9 Å². The summed E-state index contributed by atoms with van der Waals surface area (Å²) in [5.41, 5.74) is 5.30. The maximum absolute atomic E-state index is 12.7. The fourth-order valence-corrected chi connectivity index (χ4v) is 6.14. The molecule has 2 aromatic rings. The summed E-state index contributed by atoms with van der Waals surface area (Å²) < 4.78 is 7.88. The van der Waals surface area contributed by atoms with Crippen molar-refractivity contribution in [3.8, 4) is 0 Å². The zero-order chi connectivity index (χ0) is 23.8. The summed E-state index contributed by atoms with van der Waals surface area (Å²) in [4.78, 5) is 33.3. The fourth-order valence-electron chi connectivity index (χ4n) is 6.14. The molecule has 3 heterocycles. The maximum atomic E-state index is 12.7. The molecule has 0 radical (unpaired) electrons. The molecule has 3 atom stereocenters. The third-order valence-corrected chi connectivity index (χ3v) is 8.01. The predicted octanol–water partition coefficient (Wildman–Crippen LogP) is 4.23. The molecule has 4 aliphatic rings. The summed E-state index contributed by atoms with van der Waals surface area (Å²) in [6.07, 6.45) is 4.59. The molecule has 2 saturated carbocycles. The topological polar surface area (TPSA) is 102 Å². The quantitative estimate of drug-likeness (QED) is 0.644. The first-order chi connectivity index (χ1) is 16.2. The summed E-state index contributed by atoms with van der Waals surface area (Å²) in [5, 5.41) is 11.5. The second-order valence-electron chi connectivity index (χ2n) is 10.9. The Bertz CT molecular complexity index is 1300. The zero-order valence-electron chi connectivity index (χ0n) is 19.7. The fraction of sp³-hybridized carbons (Fsp3) is 0.538. The maximum Gasteiger partial charge on any atom is 0.352 e. The number of aromatic nitrogens is 1. The van der Waals surface area contributed by atoms with Crippen LogP contribution < -0.4 is 5.48 Å². The summed E-state index contributed by atoms with van der Waals surface area (Å²) >= 11 is 0. The number of nitrogens with one attached hydrogen (secondary N) is 1. The first-order valence-corrected chi connectivity index (χ1v) is 12.1. The summed E-state index contributed by atoms with van der Waals surface area (Å²) in [6.45, 7) is 7.05. The van der Waals surface area contributed by atoms with E-state index in [1.807, 2.05) is 4.57 Å². The normalized spacial score (nSPS) is 29.9. The lowest BCUT2D eigenvalue weighted by Crippen LogP contribution is -2.38. The highest BCUT2D eigenvalue weighted by Crippen LogP contribution is 2.57.